The molecule has 40 atom stereocenters. The molecule has 23 N–H and O–H groups in total. The molecule has 3 amide bonds. The predicted octanol–water partition coefficient (Wildman–Crippen LogP) is -14.9. The van der Waals surface area contributed by atoms with Crippen LogP contribution >= 0.6 is 0 Å². The summed E-state index contributed by atoms with van der Waals surface area (Å²) in [6, 6.07) is -5.52. The highest BCUT2D eigenvalue weighted by Crippen LogP contribution is 2.39. The third-order valence-corrected chi connectivity index (χ3v) is 17.7. The molecule has 0 aliphatic carbocycles. The molecule has 8 rings (SSSR count). The zero-order valence-corrected chi connectivity index (χ0v) is 51.9. The van der Waals surface area contributed by atoms with E-state index in [0.29, 0.717) is 0 Å². The Morgan fingerprint density at radius 1 is 0.295 bits per heavy atom. The van der Waals surface area contributed by atoms with Crippen LogP contribution in [-0.2, 0) is 85.4 Å². The van der Waals surface area contributed by atoms with E-state index < -0.39 is 296 Å². The van der Waals surface area contributed by atoms with Crippen LogP contribution in [0.4, 0.5) is 0 Å². The molecule has 0 spiro atoms. The highest BCUT2D eigenvalue weighted by Gasteiger charge is 2.60. The highest BCUT2D eigenvalue weighted by molar-refractivity contribution is 5.74. The minimum atomic E-state index is -2.21. The van der Waals surface area contributed by atoms with Crippen molar-refractivity contribution in [2.75, 3.05) is 33.0 Å². The first-order valence-electron chi connectivity index (χ1n) is 30.7. The third-order valence-electron chi connectivity index (χ3n) is 17.7. The summed E-state index contributed by atoms with van der Waals surface area (Å²) in [6.07, 6.45) is -70.1. The van der Waals surface area contributed by atoms with Gasteiger partial charge in [0.15, 0.2) is 50.3 Å². The van der Waals surface area contributed by atoms with Crippen molar-refractivity contribution in [1.82, 2.24) is 16.0 Å². The smallest absolute Gasteiger partial charge is 0.217 e. The normalized spacial score (nSPS) is 50.7. The number of hydrogen-bond acceptors (Lipinski definition) is 38. The Bertz CT molecular complexity index is 2460. The Morgan fingerprint density at radius 3 is 1.02 bits per heavy atom. The molecule has 41 nitrogen and oxygen atoms in total. The zero-order valence-electron chi connectivity index (χ0n) is 51.9. The summed E-state index contributed by atoms with van der Waals surface area (Å²) in [7, 11) is 0. The van der Waals surface area contributed by atoms with Crippen molar-refractivity contribution < 1.29 is 188 Å². The molecule has 0 unspecified atom stereocenters. The van der Waals surface area contributed by atoms with E-state index >= 15 is 0 Å². The van der Waals surface area contributed by atoms with Gasteiger partial charge in [0, 0.05) is 20.8 Å². The van der Waals surface area contributed by atoms with E-state index in [9.17, 15) is 117 Å². The molecule has 0 saturated carbocycles. The maximum absolute atomic E-state index is 13.3. The molecule has 8 aliphatic rings. The fourth-order valence-electron chi connectivity index (χ4n) is 12.4. The van der Waals surface area contributed by atoms with Crippen LogP contribution in [0.15, 0.2) is 0 Å². The van der Waals surface area contributed by atoms with Gasteiger partial charge in [-0.2, -0.15) is 0 Å². The average Bonchev–Trinajstić information content (AvgIpc) is 0.774. The number of carbonyl (C=O) groups is 3. The van der Waals surface area contributed by atoms with E-state index in [4.69, 9.17) is 71.1 Å². The fourth-order valence-corrected chi connectivity index (χ4v) is 12.4. The molecule has 550 valence electrons. The number of aliphatic hydroxyl groups excluding tert-OH is 20. The lowest BCUT2D eigenvalue weighted by molar-refractivity contribution is -0.394. The van der Waals surface area contributed by atoms with Gasteiger partial charge in [0.25, 0.3) is 0 Å². The summed E-state index contributed by atoms with van der Waals surface area (Å²) < 4.78 is 89.5. The first kappa shape index (κ1) is 77.7. The quantitative estimate of drug-likeness (QED) is 0.0479. The van der Waals surface area contributed by atoms with E-state index in [0.717, 1.165) is 20.8 Å². The van der Waals surface area contributed by atoms with Gasteiger partial charge in [-0.15, -0.1) is 0 Å². The van der Waals surface area contributed by atoms with Crippen molar-refractivity contribution in [1.29, 1.82) is 0 Å². The molecule has 0 bridgehead atoms. The maximum Gasteiger partial charge on any atom is 0.217 e. The Hall–Kier alpha value is -2.99. The van der Waals surface area contributed by atoms with Crippen LogP contribution in [0.2, 0.25) is 0 Å². The number of amides is 3. The van der Waals surface area contributed by atoms with Crippen LogP contribution in [0.5, 0.6) is 0 Å². The molecule has 41 heteroatoms. The van der Waals surface area contributed by atoms with Gasteiger partial charge in [0.05, 0.1) is 51.3 Å². The van der Waals surface area contributed by atoms with Crippen molar-refractivity contribution in [2.45, 2.75) is 287 Å². The van der Waals surface area contributed by atoms with Gasteiger partial charge in [-0.3, -0.25) is 14.4 Å². The fraction of sp³-hybridized carbons (Fsp3) is 0.944. The molecule has 95 heavy (non-hydrogen) atoms. The van der Waals surface area contributed by atoms with Crippen molar-refractivity contribution in [3.63, 3.8) is 0 Å². The summed E-state index contributed by atoms with van der Waals surface area (Å²) in [5.74, 6) is -2.68. The Morgan fingerprint density at radius 2 is 0.611 bits per heavy atom. The largest absolute Gasteiger partial charge is 0.394 e. The van der Waals surface area contributed by atoms with Crippen LogP contribution in [-0.4, -0.2) is 398 Å². The summed E-state index contributed by atoms with van der Waals surface area (Å²) >= 11 is 0. The van der Waals surface area contributed by atoms with E-state index in [1.807, 2.05) is 0 Å². The topological polar surface area (TPSA) is 630 Å². The van der Waals surface area contributed by atoms with Crippen LogP contribution in [0.25, 0.3) is 0 Å². The van der Waals surface area contributed by atoms with Crippen molar-refractivity contribution in [3.05, 3.63) is 0 Å². The molecule has 8 fully saturated rings. The number of rotatable bonds is 22. The molecule has 8 heterocycles. The molecule has 0 radical (unpaired) electrons. The number of ether oxygens (including phenoxy) is 15. The first-order chi connectivity index (χ1) is 44.8. The molecule has 0 aromatic heterocycles. The number of nitrogens with one attached hydrogen (secondary N) is 3. The van der Waals surface area contributed by atoms with E-state index in [-0.39, 0.29) is 0 Å². The first-order valence-corrected chi connectivity index (χ1v) is 30.7. The summed E-state index contributed by atoms with van der Waals surface area (Å²) in [5.41, 5.74) is 0. The average molecular weight is 1390 g/mol. The van der Waals surface area contributed by atoms with E-state index in [1.54, 1.807) is 0 Å². The van der Waals surface area contributed by atoms with Gasteiger partial charge >= 0.3 is 0 Å². The van der Waals surface area contributed by atoms with Crippen molar-refractivity contribution >= 4 is 17.7 Å². The minimum Gasteiger partial charge on any atom is -0.394 e. The van der Waals surface area contributed by atoms with Gasteiger partial charge in [0.2, 0.25) is 17.7 Å². The Kier molecular flexibility index (Phi) is 27.2. The lowest BCUT2D eigenvalue weighted by atomic mass is 9.93. The van der Waals surface area contributed by atoms with Crippen LogP contribution in [0.3, 0.4) is 0 Å². The second kappa shape index (κ2) is 33.2. The molecule has 8 saturated heterocycles. The number of hydrogen-bond donors (Lipinski definition) is 23. The number of carbonyl (C=O) groups excluding carboxylic acids is 3. The zero-order chi connectivity index (χ0) is 70.1. The standard InChI is InChI=1S/C54H91N3O38/c1-12-26(65)33(72)38(77)50(82-12)93-44-25(57-17(6)64)48(89-21(10-61)41(44)90-53-45(36(75)29(68)18(7-58)87-53)94-51-39(78)34(73)27(66)13(2)83-51)81-11-22-32(71)42(23(47(80)85-22)55-15(4)62)91-49-24(56-16(5)63)43(31(70)20(9-60)86-49)92-54-46(37(76)30(69)19(8-59)88-54)95-52-40(79)35(74)28(67)14(3)84-52/h12-14,18-54,58-61,65-80H,7-11H2,1-6H3,(H,55,62)(H,56,63)(H,57,64)/t12-,13-,14-,18+,19+,20+,21+,22+,23+,24+,25+,26+,27+,28+,29-,30-,31+,32-,33+,34+,35+,36-,37-,38-,39-,40-,41+,42+,43+,44+,45+,46+,47-,48+,49-,50-,51-,52-,53-,54-/m0/s1. The summed E-state index contributed by atoms with van der Waals surface area (Å²) in [6.45, 7) is 1.67. The van der Waals surface area contributed by atoms with Crippen LogP contribution in [0.1, 0.15) is 41.5 Å². The SMILES string of the molecule is CC(=O)N[C@@H]1[C@@H](O[C@@H]2O[C@H](CO)[C@@H](O)[C@H](O[C@@H]3O[C@H](CO)[C@H](O)[C@H](O)[C@H]3O[C@@H]3O[C@@H](C)[C@@H](O)[C@@H](O)[C@@H]3O)[C@H]2NC(C)=O)[C@@H](O)[C@@H](CO[C@@H]2O[C@H](CO)[C@@H](O[C@@H]3O[C@H](CO)[C@H](O)[C@H](O)[C@H]3O[C@@H]3O[C@@H](C)[C@@H](O)[C@@H](O)[C@@H]3O)[C@H](O[C@@H]3O[C@@H](C)[C@@H](O)[C@@H](O)[C@@H]3O)[C@H]2NC(C)=O)O[C@@H]1O. The van der Waals surface area contributed by atoms with Crippen LogP contribution < -0.4 is 16.0 Å². The van der Waals surface area contributed by atoms with Gasteiger partial charge < -0.3 is 189 Å². The molecular weight excluding hydrogens is 1300 g/mol. The summed E-state index contributed by atoms with van der Waals surface area (Å²) in [5, 5.41) is 227. The molecule has 0 aromatic rings. The van der Waals surface area contributed by atoms with Crippen LogP contribution in [0, 0.1) is 0 Å². The lowest BCUT2D eigenvalue weighted by Gasteiger charge is -2.51. The van der Waals surface area contributed by atoms with Crippen molar-refractivity contribution in [3.8, 4) is 0 Å². The van der Waals surface area contributed by atoms with E-state index in [2.05, 4.69) is 16.0 Å². The van der Waals surface area contributed by atoms with Gasteiger partial charge in [-0.25, -0.2) is 0 Å². The highest BCUT2D eigenvalue weighted by atomic mass is 16.8. The Labute approximate surface area is 540 Å². The lowest BCUT2D eigenvalue weighted by Crippen LogP contribution is -2.71. The second-order valence-electron chi connectivity index (χ2n) is 24.6. The predicted molar refractivity (Wildman–Crippen MR) is 295 cm³/mol. The molecular formula is C54H91N3O38. The maximum atomic E-state index is 13.3. The van der Waals surface area contributed by atoms with E-state index in [1.165, 1.54) is 20.8 Å². The second-order valence-corrected chi connectivity index (χ2v) is 24.6. The number of aliphatic hydroxyl groups is 20. The van der Waals surface area contributed by atoms with Crippen molar-refractivity contribution in [2.24, 2.45) is 0 Å². The minimum absolute atomic E-state index is 0.874. The van der Waals surface area contributed by atoms with Gasteiger partial charge in [0.1, 0.15) is 177 Å². The monoisotopic (exact) mass is 1390 g/mol. The summed E-state index contributed by atoms with van der Waals surface area (Å²) in [4.78, 5) is 39.2. The molecule has 8 aliphatic heterocycles. The molecule has 0 aromatic carbocycles. The van der Waals surface area contributed by atoms with Gasteiger partial charge in [-0.1, -0.05) is 0 Å². The third kappa shape index (κ3) is 17.0. The van der Waals surface area contributed by atoms with Gasteiger partial charge in [-0.05, 0) is 20.8 Å². The Balaban J connectivity index is 1.10.